The van der Waals surface area contributed by atoms with Crippen LogP contribution in [0.1, 0.15) is 15.9 Å². The zero-order chi connectivity index (χ0) is 14.7. The number of rotatable bonds is 5. The van der Waals surface area contributed by atoms with Crippen molar-refractivity contribution in [2.24, 2.45) is 0 Å². The SMILES string of the molecule is COc1ccc(C=O)c(OCc2ccc3nccn3c2)c1. The number of hydrogen-bond acceptors (Lipinski definition) is 4. The van der Waals surface area contributed by atoms with E-state index in [1.165, 1.54) is 0 Å². The van der Waals surface area contributed by atoms with Crippen LogP contribution in [0.25, 0.3) is 5.65 Å². The fourth-order valence-corrected chi connectivity index (χ4v) is 2.08. The van der Waals surface area contributed by atoms with E-state index in [1.807, 2.05) is 28.9 Å². The molecule has 0 aliphatic carbocycles. The number of aldehydes is 1. The van der Waals surface area contributed by atoms with Crippen molar-refractivity contribution in [1.82, 2.24) is 9.38 Å². The van der Waals surface area contributed by atoms with Crippen molar-refractivity contribution in [2.75, 3.05) is 7.11 Å². The highest BCUT2D eigenvalue weighted by Crippen LogP contribution is 2.24. The molecule has 0 spiro atoms. The highest BCUT2D eigenvalue weighted by Gasteiger charge is 2.06. The molecule has 0 fully saturated rings. The summed E-state index contributed by atoms with van der Waals surface area (Å²) in [7, 11) is 1.58. The molecular weight excluding hydrogens is 268 g/mol. The number of carbonyl (C=O) groups excluding carboxylic acids is 1. The largest absolute Gasteiger partial charge is 0.497 e. The Balaban J connectivity index is 1.81. The molecule has 0 radical (unpaired) electrons. The molecule has 1 aromatic carbocycles. The molecular formula is C16H14N2O3. The van der Waals surface area contributed by atoms with Gasteiger partial charge in [0, 0.05) is 30.2 Å². The second-order valence-corrected chi connectivity index (χ2v) is 4.54. The molecule has 5 heteroatoms. The van der Waals surface area contributed by atoms with Gasteiger partial charge in [-0.05, 0) is 18.2 Å². The minimum Gasteiger partial charge on any atom is -0.497 e. The third-order valence-corrected chi connectivity index (χ3v) is 3.19. The summed E-state index contributed by atoms with van der Waals surface area (Å²) in [5.41, 5.74) is 2.37. The first-order chi connectivity index (χ1) is 10.3. The number of ether oxygens (including phenoxy) is 2. The van der Waals surface area contributed by atoms with E-state index in [2.05, 4.69) is 4.98 Å². The van der Waals surface area contributed by atoms with Gasteiger partial charge in [-0.25, -0.2) is 4.98 Å². The molecule has 0 aliphatic heterocycles. The first kappa shape index (κ1) is 13.2. The maximum atomic E-state index is 11.0. The summed E-state index contributed by atoms with van der Waals surface area (Å²) in [6, 6.07) is 8.99. The average Bonchev–Trinajstić information content (AvgIpc) is 3.00. The minimum absolute atomic E-state index is 0.363. The van der Waals surface area contributed by atoms with Gasteiger partial charge in [-0.3, -0.25) is 4.79 Å². The van der Waals surface area contributed by atoms with E-state index >= 15 is 0 Å². The van der Waals surface area contributed by atoms with Gasteiger partial charge in [0.25, 0.3) is 0 Å². The van der Waals surface area contributed by atoms with Crippen LogP contribution in [-0.2, 0) is 6.61 Å². The summed E-state index contributed by atoms with van der Waals surface area (Å²) < 4.78 is 12.8. The maximum Gasteiger partial charge on any atom is 0.153 e. The quantitative estimate of drug-likeness (QED) is 0.675. The monoisotopic (exact) mass is 282 g/mol. The Bertz CT molecular complexity index is 780. The molecule has 0 saturated carbocycles. The van der Waals surface area contributed by atoms with Crippen LogP contribution in [0.3, 0.4) is 0 Å². The standard InChI is InChI=1S/C16H14N2O3/c1-20-14-4-3-13(10-19)15(8-14)21-11-12-2-5-16-17-6-7-18(16)9-12/h2-10H,11H2,1H3. The number of aromatic nitrogens is 2. The molecule has 0 N–H and O–H groups in total. The van der Waals surface area contributed by atoms with E-state index in [0.29, 0.717) is 23.7 Å². The number of carbonyl (C=O) groups is 1. The lowest BCUT2D eigenvalue weighted by Gasteiger charge is -2.10. The first-order valence-electron chi connectivity index (χ1n) is 6.48. The van der Waals surface area contributed by atoms with Crippen LogP contribution in [0, 0.1) is 0 Å². The summed E-state index contributed by atoms with van der Waals surface area (Å²) >= 11 is 0. The third-order valence-electron chi connectivity index (χ3n) is 3.19. The third kappa shape index (κ3) is 2.72. The van der Waals surface area contributed by atoms with E-state index in [4.69, 9.17) is 9.47 Å². The number of benzene rings is 1. The summed E-state index contributed by atoms with van der Waals surface area (Å²) in [5.74, 6) is 1.16. The van der Waals surface area contributed by atoms with Gasteiger partial charge in [-0.1, -0.05) is 6.07 Å². The zero-order valence-electron chi connectivity index (χ0n) is 11.5. The number of methoxy groups -OCH3 is 1. The van der Waals surface area contributed by atoms with Crippen LogP contribution < -0.4 is 9.47 Å². The minimum atomic E-state index is 0.363. The van der Waals surface area contributed by atoms with Crippen molar-refractivity contribution in [3.63, 3.8) is 0 Å². The Labute approximate surface area is 121 Å². The fraction of sp³-hybridized carbons (Fsp3) is 0.125. The van der Waals surface area contributed by atoms with E-state index in [1.54, 1.807) is 31.5 Å². The second kappa shape index (κ2) is 5.66. The Morgan fingerprint density at radius 3 is 3.00 bits per heavy atom. The predicted molar refractivity (Wildman–Crippen MR) is 77.9 cm³/mol. The van der Waals surface area contributed by atoms with Crippen LogP contribution in [-0.4, -0.2) is 22.8 Å². The lowest BCUT2D eigenvalue weighted by atomic mass is 10.2. The summed E-state index contributed by atoms with van der Waals surface area (Å²) in [4.78, 5) is 15.2. The molecule has 0 bridgehead atoms. The first-order valence-corrected chi connectivity index (χ1v) is 6.48. The van der Waals surface area contributed by atoms with Crippen LogP contribution in [0.2, 0.25) is 0 Å². The van der Waals surface area contributed by atoms with Gasteiger partial charge in [0.1, 0.15) is 23.8 Å². The number of pyridine rings is 1. The molecule has 3 rings (SSSR count). The van der Waals surface area contributed by atoms with Gasteiger partial charge in [-0.2, -0.15) is 0 Å². The molecule has 0 unspecified atom stereocenters. The zero-order valence-corrected chi connectivity index (χ0v) is 11.5. The summed E-state index contributed by atoms with van der Waals surface area (Å²) in [5, 5.41) is 0. The van der Waals surface area contributed by atoms with Gasteiger partial charge >= 0.3 is 0 Å². The molecule has 21 heavy (non-hydrogen) atoms. The molecule has 106 valence electrons. The molecule has 2 aromatic heterocycles. The van der Waals surface area contributed by atoms with Crippen LogP contribution in [0.15, 0.2) is 48.9 Å². The Kier molecular flexibility index (Phi) is 3.55. The van der Waals surface area contributed by atoms with E-state index in [-0.39, 0.29) is 0 Å². The summed E-state index contributed by atoms with van der Waals surface area (Å²) in [6.45, 7) is 0.363. The average molecular weight is 282 g/mol. The predicted octanol–water partition coefficient (Wildman–Crippen LogP) is 2.73. The molecule has 3 aromatic rings. The highest BCUT2D eigenvalue weighted by molar-refractivity contribution is 5.79. The number of imidazole rings is 1. The second-order valence-electron chi connectivity index (χ2n) is 4.54. The smallest absolute Gasteiger partial charge is 0.153 e. The van der Waals surface area contributed by atoms with Gasteiger partial charge in [0.05, 0.1) is 12.7 Å². The number of hydrogen-bond donors (Lipinski definition) is 0. The molecule has 0 aliphatic rings. The Hall–Kier alpha value is -2.82. The summed E-state index contributed by atoms with van der Waals surface area (Å²) in [6.07, 6.45) is 6.34. The Morgan fingerprint density at radius 1 is 1.29 bits per heavy atom. The van der Waals surface area contributed by atoms with Crippen LogP contribution in [0.5, 0.6) is 11.5 Å². The topological polar surface area (TPSA) is 52.8 Å². The van der Waals surface area contributed by atoms with Gasteiger partial charge in [-0.15, -0.1) is 0 Å². The molecule has 2 heterocycles. The van der Waals surface area contributed by atoms with Crippen molar-refractivity contribution >= 4 is 11.9 Å². The van der Waals surface area contributed by atoms with Gasteiger partial charge < -0.3 is 13.9 Å². The van der Waals surface area contributed by atoms with E-state index in [0.717, 1.165) is 17.5 Å². The lowest BCUT2D eigenvalue weighted by Crippen LogP contribution is -2.00. The molecule has 5 nitrogen and oxygen atoms in total. The fourth-order valence-electron chi connectivity index (χ4n) is 2.08. The van der Waals surface area contributed by atoms with Crippen molar-refractivity contribution in [1.29, 1.82) is 0 Å². The highest BCUT2D eigenvalue weighted by atomic mass is 16.5. The van der Waals surface area contributed by atoms with Crippen LogP contribution >= 0.6 is 0 Å². The Morgan fingerprint density at radius 2 is 2.19 bits per heavy atom. The van der Waals surface area contributed by atoms with Gasteiger partial charge in [0.2, 0.25) is 0 Å². The van der Waals surface area contributed by atoms with Crippen molar-refractivity contribution in [3.05, 3.63) is 60.0 Å². The van der Waals surface area contributed by atoms with Gasteiger partial charge in [0.15, 0.2) is 6.29 Å². The molecule has 0 saturated heterocycles. The number of nitrogens with zero attached hydrogens (tertiary/aromatic N) is 2. The molecule has 0 amide bonds. The normalized spacial score (nSPS) is 10.5. The van der Waals surface area contributed by atoms with Crippen molar-refractivity contribution in [3.8, 4) is 11.5 Å². The number of fused-ring (bicyclic) bond motifs is 1. The lowest BCUT2D eigenvalue weighted by molar-refractivity contribution is 0.111. The van der Waals surface area contributed by atoms with Crippen molar-refractivity contribution in [2.45, 2.75) is 6.61 Å². The van der Waals surface area contributed by atoms with E-state index < -0.39 is 0 Å². The van der Waals surface area contributed by atoms with Crippen molar-refractivity contribution < 1.29 is 14.3 Å². The van der Waals surface area contributed by atoms with Crippen LogP contribution in [0.4, 0.5) is 0 Å². The van der Waals surface area contributed by atoms with E-state index in [9.17, 15) is 4.79 Å². The molecule has 0 atom stereocenters. The maximum absolute atomic E-state index is 11.0.